The Morgan fingerprint density at radius 3 is 2.67 bits per heavy atom. The first-order valence-electron chi connectivity index (χ1n) is 8.43. The van der Waals surface area contributed by atoms with E-state index in [-0.39, 0.29) is 12.1 Å². The van der Waals surface area contributed by atoms with Gasteiger partial charge in [0.2, 0.25) is 0 Å². The molecule has 0 amide bonds. The normalized spacial score (nSPS) is 25.7. The molecular formula is C16H29N3O2. The van der Waals surface area contributed by atoms with Crippen LogP contribution in [-0.4, -0.2) is 37.2 Å². The summed E-state index contributed by atoms with van der Waals surface area (Å²) >= 11 is 0. The van der Waals surface area contributed by atoms with Gasteiger partial charge in [0, 0.05) is 25.6 Å². The van der Waals surface area contributed by atoms with Gasteiger partial charge in [-0.25, -0.2) is 0 Å². The van der Waals surface area contributed by atoms with Gasteiger partial charge in [0.25, 0.3) is 0 Å². The number of hydrogen-bond donors (Lipinski definition) is 2. The van der Waals surface area contributed by atoms with E-state index >= 15 is 0 Å². The van der Waals surface area contributed by atoms with Crippen molar-refractivity contribution in [3.05, 3.63) is 0 Å². The van der Waals surface area contributed by atoms with Crippen LogP contribution in [-0.2, 0) is 9.53 Å². The molecule has 0 heterocycles. The largest absolute Gasteiger partial charge is 0.462 e. The summed E-state index contributed by atoms with van der Waals surface area (Å²) in [5.41, 5.74) is 0. The molecule has 0 aromatic carbocycles. The molecule has 0 aliphatic heterocycles. The number of rotatable bonds is 7. The molecule has 5 nitrogen and oxygen atoms in total. The molecule has 0 saturated heterocycles. The Labute approximate surface area is 127 Å². The van der Waals surface area contributed by atoms with Crippen LogP contribution in [0.3, 0.4) is 0 Å². The van der Waals surface area contributed by atoms with Gasteiger partial charge in [0.15, 0.2) is 5.96 Å². The summed E-state index contributed by atoms with van der Waals surface area (Å²) in [7, 11) is 0. The zero-order valence-electron chi connectivity index (χ0n) is 13.4. The number of carbonyl (C=O) groups is 1. The van der Waals surface area contributed by atoms with Crippen molar-refractivity contribution >= 4 is 11.9 Å². The van der Waals surface area contributed by atoms with E-state index in [1.54, 1.807) is 0 Å². The SMILES string of the molecule is CCNC(=NCCCC(=O)OC1CCCC1)NC1CC1C. The first-order valence-corrected chi connectivity index (χ1v) is 8.43. The number of hydrogen-bond acceptors (Lipinski definition) is 3. The van der Waals surface area contributed by atoms with Crippen LogP contribution < -0.4 is 10.6 Å². The molecule has 2 aliphatic rings. The van der Waals surface area contributed by atoms with E-state index in [1.807, 2.05) is 0 Å². The fraction of sp³-hybridized carbons (Fsp3) is 0.875. The zero-order valence-corrected chi connectivity index (χ0v) is 13.4. The predicted molar refractivity (Wildman–Crippen MR) is 84.3 cm³/mol. The quantitative estimate of drug-likeness (QED) is 0.327. The number of esters is 1. The van der Waals surface area contributed by atoms with Crippen LogP contribution in [0.2, 0.25) is 0 Å². The first-order chi connectivity index (χ1) is 10.2. The average Bonchev–Trinajstić information content (AvgIpc) is 2.91. The molecule has 21 heavy (non-hydrogen) atoms. The average molecular weight is 295 g/mol. The Bertz CT molecular complexity index is 365. The summed E-state index contributed by atoms with van der Waals surface area (Å²) in [6.07, 6.45) is 7.09. The number of ether oxygens (including phenoxy) is 1. The lowest BCUT2D eigenvalue weighted by molar-refractivity contribution is -0.148. The standard InChI is InChI=1S/C16H29N3O2/c1-3-17-16(19-14-11-12(14)2)18-10-6-9-15(20)21-13-7-4-5-8-13/h12-14H,3-11H2,1-2H3,(H2,17,18,19). The summed E-state index contributed by atoms with van der Waals surface area (Å²) < 4.78 is 5.44. The minimum atomic E-state index is -0.0640. The fourth-order valence-electron chi connectivity index (χ4n) is 2.68. The molecular weight excluding hydrogens is 266 g/mol. The van der Waals surface area contributed by atoms with Crippen molar-refractivity contribution in [2.24, 2.45) is 10.9 Å². The topological polar surface area (TPSA) is 62.7 Å². The Balaban J connectivity index is 1.60. The van der Waals surface area contributed by atoms with E-state index < -0.39 is 0 Å². The maximum absolute atomic E-state index is 11.7. The van der Waals surface area contributed by atoms with E-state index in [9.17, 15) is 4.79 Å². The molecule has 2 atom stereocenters. The molecule has 120 valence electrons. The Morgan fingerprint density at radius 2 is 2.05 bits per heavy atom. The van der Waals surface area contributed by atoms with Crippen molar-refractivity contribution in [1.29, 1.82) is 0 Å². The van der Waals surface area contributed by atoms with Gasteiger partial charge in [0.05, 0.1) is 0 Å². The van der Waals surface area contributed by atoms with Crippen LogP contribution in [0.4, 0.5) is 0 Å². The lowest BCUT2D eigenvalue weighted by Gasteiger charge is -2.12. The van der Waals surface area contributed by atoms with Crippen LogP contribution in [0, 0.1) is 5.92 Å². The number of guanidine groups is 1. The summed E-state index contributed by atoms with van der Waals surface area (Å²) in [4.78, 5) is 16.2. The molecule has 2 fully saturated rings. The highest BCUT2D eigenvalue weighted by atomic mass is 16.5. The minimum absolute atomic E-state index is 0.0640. The van der Waals surface area contributed by atoms with Crippen LogP contribution in [0.15, 0.2) is 4.99 Å². The Morgan fingerprint density at radius 1 is 1.33 bits per heavy atom. The highest BCUT2D eigenvalue weighted by Crippen LogP contribution is 2.28. The van der Waals surface area contributed by atoms with Gasteiger partial charge in [-0.1, -0.05) is 6.92 Å². The van der Waals surface area contributed by atoms with E-state index in [1.165, 1.54) is 19.3 Å². The summed E-state index contributed by atoms with van der Waals surface area (Å²) in [6, 6.07) is 0.565. The molecule has 0 spiro atoms. The van der Waals surface area contributed by atoms with Crippen molar-refractivity contribution in [3.8, 4) is 0 Å². The Hall–Kier alpha value is -1.26. The number of aliphatic imine (C=N–C) groups is 1. The molecule has 2 aliphatic carbocycles. The molecule has 0 bridgehead atoms. The Kier molecular flexibility index (Phi) is 6.33. The van der Waals surface area contributed by atoms with Crippen molar-refractivity contribution < 1.29 is 9.53 Å². The molecule has 0 aromatic heterocycles. The molecule has 0 radical (unpaired) electrons. The summed E-state index contributed by atoms with van der Waals surface area (Å²) in [5.74, 6) is 1.55. The van der Waals surface area contributed by atoms with Crippen LogP contribution in [0.25, 0.3) is 0 Å². The maximum atomic E-state index is 11.7. The number of nitrogens with one attached hydrogen (secondary N) is 2. The van der Waals surface area contributed by atoms with Gasteiger partial charge in [-0.2, -0.15) is 0 Å². The minimum Gasteiger partial charge on any atom is -0.462 e. The predicted octanol–water partition coefficient (Wildman–Crippen LogP) is 2.22. The summed E-state index contributed by atoms with van der Waals surface area (Å²) in [5, 5.41) is 6.66. The fourth-order valence-corrected chi connectivity index (χ4v) is 2.68. The third-order valence-electron chi connectivity index (χ3n) is 4.19. The molecule has 2 saturated carbocycles. The second-order valence-corrected chi connectivity index (χ2v) is 6.22. The van der Waals surface area contributed by atoms with E-state index in [4.69, 9.17) is 4.74 Å². The number of carbonyl (C=O) groups excluding carboxylic acids is 1. The highest BCUT2D eigenvalue weighted by molar-refractivity contribution is 5.80. The van der Waals surface area contributed by atoms with Crippen LogP contribution in [0.5, 0.6) is 0 Å². The van der Waals surface area contributed by atoms with Crippen molar-refractivity contribution in [3.63, 3.8) is 0 Å². The lowest BCUT2D eigenvalue weighted by atomic mass is 10.3. The smallest absolute Gasteiger partial charge is 0.306 e. The van der Waals surface area contributed by atoms with Crippen molar-refractivity contribution in [2.45, 2.75) is 70.9 Å². The third-order valence-corrected chi connectivity index (χ3v) is 4.19. The van der Waals surface area contributed by atoms with Gasteiger partial charge in [-0.05, 0) is 51.4 Å². The van der Waals surface area contributed by atoms with Crippen LogP contribution in [0.1, 0.15) is 58.8 Å². The second-order valence-electron chi connectivity index (χ2n) is 6.22. The van der Waals surface area contributed by atoms with Gasteiger partial charge >= 0.3 is 5.97 Å². The van der Waals surface area contributed by atoms with Crippen LogP contribution >= 0.6 is 0 Å². The lowest BCUT2D eigenvalue weighted by Crippen LogP contribution is -2.39. The van der Waals surface area contributed by atoms with Crippen molar-refractivity contribution in [1.82, 2.24) is 10.6 Å². The van der Waals surface area contributed by atoms with Gasteiger partial charge < -0.3 is 15.4 Å². The van der Waals surface area contributed by atoms with Gasteiger partial charge in [-0.3, -0.25) is 9.79 Å². The van der Waals surface area contributed by atoms with Crippen molar-refractivity contribution in [2.75, 3.05) is 13.1 Å². The van der Waals surface area contributed by atoms with E-state index in [0.717, 1.165) is 37.7 Å². The monoisotopic (exact) mass is 295 g/mol. The number of nitrogens with zero attached hydrogens (tertiary/aromatic N) is 1. The molecule has 2 rings (SSSR count). The highest BCUT2D eigenvalue weighted by Gasteiger charge is 2.33. The molecule has 5 heteroatoms. The van der Waals surface area contributed by atoms with Gasteiger partial charge in [-0.15, -0.1) is 0 Å². The molecule has 0 aromatic rings. The van der Waals surface area contributed by atoms with E-state index in [2.05, 4.69) is 29.5 Å². The maximum Gasteiger partial charge on any atom is 0.306 e. The van der Waals surface area contributed by atoms with E-state index in [0.29, 0.717) is 19.0 Å². The zero-order chi connectivity index (χ0) is 15.1. The summed E-state index contributed by atoms with van der Waals surface area (Å²) in [6.45, 7) is 5.82. The third kappa shape index (κ3) is 5.94. The second kappa shape index (κ2) is 8.25. The first kappa shape index (κ1) is 16.1. The molecule has 2 N–H and O–H groups in total. The van der Waals surface area contributed by atoms with Gasteiger partial charge in [0.1, 0.15) is 6.10 Å². The molecule has 2 unspecified atom stereocenters.